The van der Waals surface area contributed by atoms with E-state index in [0.717, 1.165) is 6.42 Å². The van der Waals surface area contributed by atoms with Gasteiger partial charge < -0.3 is 21.3 Å². The van der Waals surface area contributed by atoms with Crippen LogP contribution in [0.2, 0.25) is 0 Å². The number of amides is 1. The van der Waals surface area contributed by atoms with Crippen LogP contribution in [-0.4, -0.2) is 40.3 Å². The number of hydrogen-bond donors (Lipinski definition) is 4. The number of aliphatic carboxylic acids is 1. The Labute approximate surface area is 114 Å². The van der Waals surface area contributed by atoms with Gasteiger partial charge in [-0.2, -0.15) is 0 Å². The maximum absolute atomic E-state index is 11.7. The largest absolute Gasteiger partial charge is 0.480 e. The number of carbonyl (C=O) groups excluding carboxylic acids is 1. The second-order valence-corrected chi connectivity index (χ2v) is 5.65. The average molecular weight is 274 g/mol. The van der Waals surface area contributed by atoms with Gasteiger partial charge in [0.15, 0.2) is 0 Å². The Kier molecular flexibility index (Phi) is 7.63. The smallest absolute Gasteiger partial charge is 0.326 e. The summed E-state index contributed by atoms with van der Waals surface area (Å²) < 4.78 is 0. The highest BCUT2D eigenvalue weighted by Gasteiger charge is 2.29. The van der Waals surface area contributed by atoms with E-state index in [1.807, 2.05) is 13.8 Å². The predicted molar refractivity (Wildman–Crippen MR) is 72.5 cm³/mol. The second kappa shape index (κ2) is 8.12. The van der Waals surface area contributed by atoms with E-state index in [-0.39, 0.29) is 5.92 Å². The van der Waals surface area contributed by atoms with E-state index in [1.54, 1.807) is 13.8 Å². The summed E-state index contributed by atoms with van der Waals surface area (Å²) in [6.45, 7) is 7.42. The summed E-state index contributed by atoms with van der Waals surface area (Å²) in [6.07, 6.45) is -0.0525. The van der Waals surface area contributed by atoms with Crippen molar-refractivity contribution in [2.24, 2.45) is 17.6 Å². The number of nitrogens with two attached hydrogens (primary N) is 1. The number of aliphatic hydroxyl groups is 1. The van der Waals surface area contributed by atoms with Gasteiger partial charge in [0, 0.05) is 6.04 Å². The van der Waals surface area contributed by atoms with Gasteiger partial charge in [0.2, 0.25) is 0 Å². The van der Waals surface area contributed by atoms with Crippen LogP contribution in [0.25, 0.3) is 0 Å². The Bertz CT molecular complexity index is 305. The molecule has 3 unspecified atom stereocenters. The van der Waals surface area contributed by atoms with Gasteiger partial charge in [-0.25, -0.2) is 4.79 Å². The van der Waals surface area contributed by atoms with Crippen LogP contribution in [0.3, 0.4) is 0 Å². The molecule has 0 aromatic carbocycles. The third-order valence-corrected chi connectivity index (χ3v) is 2.98. The minimum Gasteiger partial charge on any atom is -0.480 e. The van der Waals surface area contributed by atoms with Gasteiger partial charge >= 0.3 is 5.97 Å². The van der Waals surface area contributed by atoms with Crippen molar-refractivity contribution in [2.75, 3.05) is 0 Å². The molecular formula is C13H26N2O4. The molecule has 1 amide bonds. The van der Waals surface area contributed by atoms with E-state index < -0.39 is 30.1 Å². The number of carboxylic acids is 1. The van der Waals surface area contributed by atoms with Gasteiger partial charge in [0.25, 0.3) is 5.91 Å². The standard InChI is InChI=1S/C13H26N2O4/c1-7(2)5-6-9(14)11(16)12(17)15-10(8(3)4)13(18)19/h7-11,16H,5-6,14H2,1-4H3,(H,15,17)(H,18,19). The molecule has 0 aliphatic carbocycles. The monoisotopic (exact) mass is 274 g/mol. The molecule has 0 spiro atoms. The minimum absolute atomic E-state index is 0.263. The number of carboxylic acid groups (broad SMARTS) is 1. The molecular weight excluding hydrogens is 248 g/mol. The molecule has 0 fully saturated rings. The van der Waals surface area contributed by atoms with Crippen molar-refractivity contribution in [2.45, 2.75) is 58.7 Å². The predicted octanol–water partition coefficient (Wildman–Crippen LogP) is 0.336. The summed E-state index contributed by atoms with van der Waals surface area (Å²) >= 11 is 0. The van der Waals surface area contributed by atoms with Crippen LogP contribution >= 0.6 is 0 Å². The van der Waals surface area contributed by atoms with Crippen LogP contribution in [0, 0.1) is 11.8 Å². The Balaban J connectivity index is 4.43. The summed E-state index contributed by atoms with van der Waals surface area (Å²) in [5.41, 5.74) is 5.74. The minimum atomic E-state index is -1.38. The molecule has 0 heterocycles. The van der Waals surface area contributed by atoms with Gasteiger partial charge in [-0.3, -0.25) is 4.79 Å². The van der Waals surface area contributed by atoms with Gasteiger partial charge in [-0.15, -0.1) is 0 Å². The second-order valence-electron chi connectivity index (χ2n) is 5.65. The molecule has 0 rings (SSSR count). The summed E-state index contributed by atoms with van der Waals surface area (Å²) in [7, 11) is 0. The van der Waals surface area contributed by atoms with Gasteiger partial charge in [0.05, 0.1) is 0 Å². The van der Waals surface area contributed by atoms with Gasteiger partial charge in [-0.1, -0.05) is 27.7 Å². The molecule has 19 heavy (non-hydrogen) atoms. The zero-order valence-corrected chi connectivity index (χ0v) is 12.1. The van der Waals surface area contributed by atoms with Crippen molar-refractivity contribution >= 4 is 11.9 Å². The lowest BCUT2D eigenvalue weighted by Gasteiger charge is -2.23. The van der Waals surface area contributed by atoms with E-state index in [2.05, 4.69) is 5.32 Å². The Morgan fingerprint density at radius 1 is 1.16 bits per heavy atom. The fourth-order valence-corrected chi connectivity index (χ4v) is 1.63. The number of nitrogens with one attached hydrogen (secondary N) is 1. The van der Waals surface area contributed by atoms with Crippen LogP contribution in [-0.2, 0) is 9.59 Å². The van der Waals surface area contributed by atoms with E-state index in [4.69, 9.17) is 10.8 Å². The fraction of sp³-hybridized carbons (Fsp3) is 0.846. The van der Waals surface area contributed by atoms with Crippen molar-refractivity contribution in [1.29, 1.82) is 0 Å². The topological polar surface area (TPSA) is 113 Å². The maximum Gasteiger partial charge on any atom is 0.326 e. The Morgan fingerprint density at radius 3 is 2.05 bits per heavy atom. The number of rotatable bonds is 8. The summed E-state index contributed by atoms with van der Waals surface area (Å²) in [6, 6.07) is -1.69. The van der Waals surface area contributed by atoms with Crippen LogP contribution in [0.4, 0.5) is 0 Å². The van der Waals surface area contributed by atoms with E-state index in [9.17, 15) is 14.7 Å². The highest BCUT2D eigenvalue weighted by atomic mass is 16.4. The van der Waals surface area contributed by atoms with E-state index in [1.165, 1.54) is 0 Å². The molecule has 3 atom stereocenters. The Hall–Kier alpha value is -1.14. The molecule has 5 N–H and O–H groups in total. The summed E-state index contributed by atoms with van der Waals surface area (Å²) in [5.74, 6) is -1.67. The van der Waals surface area contributed by atoms with Crippen LogP contribution < -0.4 is 11.1 Å². The van der Waals surface area contributed by atoms with Crippen molar-refractivity contribution in [1.82, 2.24) is 5.32 Å². The third kappa shape index (κ3) is 6.54. The quantitative estimate of drug-likeness (QED) is 0.509. The SMILES string of the molecule is CC(C)CCC(N)C(O)C(=O)NC(C(=O)O)C(C)C. The molecule has 0 saturated heterocycles. The van der Waals surface area contributed by atoms with E-state index >= 15 is 0 Å². The first-order valence-corrected chi connectivity index (χ1v) is 6.63. The Morgan fingerprint density at radius 2 is 1.68 bits per heavy atom. The lowest BCUT2D eigenvalue weighted by atomic mass is 9.99. The van der Waals surface area contributed by atoms with Gasteiger partial charge in [0.1, 0.15) is 12.1 Å². The summed E-state index contributed by atoms with van der Waals surface area (Å²) in [5, 5.41) is 21.1. The maximum atomic E-state index is 11.7. The molecule has 0 aromatic heterocycles. The number of carbonyl (C=O) groups is 2. The number of aliphatic hydroxyl groups excluding tert-OH is 1. The fourth-order valence-electron chi connectivity index (χ4n) is 1.63. The first-order valence-electron chi connectivity index (χ1n) is 6.63. The molecule has 0 bridgehead atoms. The molecule has 0 aromatic rings. The van der Waals surface area contributed by atoms with E-state index in [0.29, 0.717) is 12.3 Å². The lowest BCUT2D eigenvalue weighted by Crippen LogP contribution is -2.52. The van der Waals surface area contributed by atoms with Crippen LogP contribution in [0.15, 0.2) is 0 Å². The molecule has 6 heteroatoms. The normalized spacial score (nSPS) is 16.2. The van der Waals surface area contributed by atoms with Crippen molar-refractivity contribution in [3.05, 3.63) is 0 Å². The zero-order chi connectivity index (χ0) is 15.2. The third-order valence-electron chi connectivity index (χ3n) is 2.98. The number of hydrogen-bond acceptors (Lipinski definition) is 4. The van der Waals surface area contributed by atoms with Crippen LogP contribution in [0.5, 0.6) is 0 Å². The molecule has 6 nitrogen and oxygen atoms in total. The highest BCUT2D eigenvalue weighted by Crippen LogP contribution is 2.09. The molecule has 0 saturated carbocycles. The molecule has 0 aliphatic heterocycles. The highest BCUT2D eigenvalue weighted by molar-refractivity contribution is 5.86. The average Bonchev–Trinajstić information content (AvgIpc) is 2.30. The lowest BCUT2D eigenvalue weighted by molar-refractivity contribution is -0.145. The molecule has 0 aliphatic rings. The van der Waals surface area contributed by atoms with Gasteiger partial charge in [-0.05, 0) is 24.7 Å². The zero-order valence-electron chi connectivity index (χ0n) is 12.1. The van der Waals surface area contributed by atoms with Crippen molar-refractivity contribution in [3.63, 3.8) is 0 Å². The first-order chi connectivity index (χ1) is 8.66. The summed E-state index contributed by atoms with van der Waals surface area (Å²) in [4.78, 5) is 22.7. The first kappa shape index (κ1) is 17.9. The molecule has 0 radical (unpaired) electrons. The van der Waals surface area contributed by atoms with Crippen molar-refractivity contribution < 1.29 is 19.8 Å². The van der Waals surface area contributed by atoms with Crippen LogP contribution in [0.1, 0.15) is 40.5 Å². The molecule has 112 valence electrons. The van der Waals surface area contributed by atoms with Crippen molar-refractivity contribution in [3.8, 4) is 0 Å².